The Morgan fingerprint density at radius 2 is 1.23 bits per heavy atom. The number of anilines is 2. The summed E-state index contributed by atoms with van der Waals surface area (Å²) in [5.74, 6) is 2.43. The summed E-state index contributed by atoms with van der Waals surface area (Å²) in [7, 11) is 0. The molecule has 2 spiro atoms. The van der Waals surface area contributed by atoms with Crippen LogP contribution in [0.2, 0.25) is 0 Å². The molecule has 3 aliphatic heterocycles. The molecule has 0 atom stereocenters. The molecule has 0 bridgehead atoms. The molecule has 0 N–H and O–H groups in total. The van der Waals surface area contributed by atoms with E-state index in [0.29, 0.717) is 49.8 Å². The van der Waals surface area contributed by atoms with E-state index < -0.39 is 0 Å². The summed E-state index contributed by atoms with van der Waals surface area (Å²) >= 11 is 0. The van der Waals surface area contributed by atoms with Gasteiger partial charge in [0, 0.05) is 32.9 Å². The first-order valence-corrected chi connectivity index (χ1v) is 14.0. The zero-order valence-electron chi connectivity index (χ0n) is 22.9. The van der Waals surface area contributed by atoms with Gasteiger partial charge in [-0.05, 0) is 17.0 Å². The third-order valence-electron chi connectivity index (χ3n) is 9.19. The SMILES string of the molecule is Cc1nc(N2CCC[N+]3(CC2)CC[N+]2(CCCN(c4nc(C)nc5c4no[n+]5[O-])CC2)CC3)c2c(no[n+]2[O-])n1. The fourth-order valence-electron chi connectivity index (χ4n) is 6.88. The smallest absolute Gasteiger partial charge is 0.347 e. The van der Waals surface area contributed by atoms with E-state index in [1.165, 1.54) is 0 Å². The molecule has 0 saturated carbocycles. The Hall–Kier alpha value is -3.92. The molecule has 7 heterocycles. The highest BCUT2D eigenvalue weighted by Crippen LogP contribution is 2.29. The van der Waals surface area contributed by atoms with Crippen molar-refractivity contribution in [3.63, 3.8) is 0 Å². The van der Waals surface area contributed by atoms with Gasteiger partial charge < -0.3 is 33.8 Å². The largest absolute Gasteiger partial charge is 0.391 e. The first-order chi connectivity index (χ1) is 19.3. The minimum absolute atomic E-state index is 0.183. The predicted octanol–water partition coefficient (Wildman–Crippen LogP) is -0.800. The van der Waals surface area contributed by atoms with Crippen molar-refractivity contribution >= 4 is 34.0 Å². The Labute approximate surface area is 229 Å². The number of hydrogen-bond acceptors (Lipinski definition) is 12. The lowest BCUT2D eigenvalue weighted by Crippen LogP contribution is -2.68. The molecule has 0 amide bonds. The molecule has 3 fully saturated rings. The van der Waals surface area contributed by atoms with Crippen LogP contribution in [0.15, 0.2) is 9.26 Å². The molecular weight excluding hydrogens is 520 g/mol. The standard InChI is InChI=1S/C24H34N12O4/c1-17-25-21-20(33(37)40-30-21)24(28-17)32-6-4-10-36(12-8-32)15-13-35(14-16-36)9-3-5-31(7-11-35)22-19-23(27-18(2)26-22)34(38)39-29-19/h3-16H2,1-2H3/q+2. The highest BCUT2D eigenvalue weighted by molar-refractivity contribution is 5.80. The lowest BCUT2D eigenvalue weighted by Gasteiger charge is -2.49. The van der Waals surface area contributed by atoms with E-state index in [9.17, 15) is 10.4 Å². The van der Waals surface area contributed by atoms with Crippen molar-refractivity contribution in [2.45, 2.75) is 26.7 Å². The Morgan fingerprint density at radius 1 is 0.650 bits per heavy atom. The third-order valence-corrected chi connectivity index (χ3v) is 9.19. The second-order valence-electron chi connectivity index (χ2n) is 11.5. The predicted molar refractivity (Wildman–Crippen MR) is 140 cm³/mol. The van der Waals surface area contributed by atoms with Crippen molar-refractivity contribution in [2.75, 3.05) is 88.3 Å². The first-order valence-electron chi connectivity index (χ1n) is 14.0. The van der Waals surface area contributed by atoms with Gasteiger partial charge >= 0.3 is 11.3 Å². The normalized spacial score (nSPS) is 26.1. The highest BCUT2D eigenvalue weighted by atomic mass is 16.8. The Kier molecular flexibility index (Phi) is 5.85. The summed E-state index contributed by atoms with van der Waals surface area (Å²) < 4.78 is 11.9. The van der Waals surface area contributed by atoms with Crippen LogP contribution in [0, 0.1) is 24.3 Å². The maximum absolute atomic E-state index is 12.3. The van der Waals surface area contributed by atoms with Crippen LogP contribution in [0.1, 0.15) is 24.5 Å². The summed E-state index contributed by atoms with van der Waals surface area (Å²) in [5.41, 5.74) is 1.22. The van der Waals surface area contributed by atoms with Crippen molar-refractivity contribution in [1.82, 2.24) is 30.2 Å². The molecule has 0 radical (unpaired) electrons. The van der Waals surface area contributed by atoms with Gasteiger partial charge in [0.1, 0.15) is 32.0 Å². The minimum Gasteiger partial charge on any atom is -0.391 e. The summed E-state index contributed by atoms with van der Waals surface area (Å²) in [5, 5.41) is 32.0. The fourth-order valence-corrected chi connectivity index (χ4v) is 6.88. The van der Waals surface area contributed by atoms with Crippen LogP contribution < -0.4 is 19.6 Å². The number of nitrogens with zero attached hydrogens (tertiary/aromatic N) is 12. The number of quaternary nitrogens is 2. The number of piperazine rings is 1. The average molecular weight is 555 g/mol. The molecule has 7 rings (SSSR count). The van der Waals surface area contributed by atoms with Gasteiger partial charge in [-0.1, -0.05) is 9.89 Å². The number of hydrogen-bond donors (Lipinski definition) is 0. The second-order valence-corrected chi connectivity index (χ2v) is 11.5. The van der Waals surface area contributed by atoms with E-state index in [1.54, 1.807) is 6.92 Å². The van der Waals surface area contributed by atoms with Gasteiger partial charge in [-0.3, -0.25) is 4.63 Å². The van der Waals surface area contributed by atoms with Gasteiger partial charge in [0.05, 0.1) is 44.4 Å². The van der Waals surface area contributed by atoms with Crippen LogP contribution in [0.25, 0.3) is 22.3 Å². The summed E-state index contributed by atoms with van der Waals surface area (Å²) in [6.07, 6.45) is 2.08. The van der Waals surface area contributed by atoms with E-state index in [2.05, 4.69) is 40.0 Å². The molecule has 3 aliphatic rings. The van der Waals surface area contributed by atoms with Crippen molar-refractivity contribution in [3.8, 4) is 0 Å². The van der Waals surface area contributed by atoms with Crippen LogP contribution >= 0.6 is 0 Å². The molecule has 0 aliphatic carbocycles. The Balaban J connectivity index is 1.04. The van der Waals surface area contributed by atoms with Gasteiger partial charge in [0.2, 0.25) is 5.82 Å². The van der Waals surface area contributed by atoms with Gasteiger partial charge in [0.15, 0.2) is 11.6 Å². The van der Waals surface area contributed by atoms with Gasteiger partial charge in [-0.25, -0.2) is 4.98 Å². The van der Waals surface area contributed by atoms with Crippen molar-refractivity contribution in [2.24, 2.45) is 0 Å². The molecule has 4 aromatic rings. The Bertz CT molecular complexity index is 1560. The Morgan fingerprint density at radius 3 is 1.90 bits per heavy atom. The first kappa shape index (κ1) is 25.1. The van der Waals surface area contributed by atoms with E-state index in [0.717, 1.165) is 100 Å². The van der Waals surface area contributed by atoms with Crippen LogP contribution in [0.5, 0.6) is 0 Å². The van der Waals surface area contributed by atoms with E-state index in [-0.39, 0.29) is 5.65 Å². The van der Waals surface area contributed by atoms with Crippen molar-refractivity contribution < 1.29 is 28.0 Å². The van der Waals surface area contributed by atoms with Crippen LogP contribution in [-0.4, -0.2) is 118 Å². The average Bonchev–Trinajstić information content (AvgIpc) is 3.32. The number of aromatic nitrogens is 8. The molecular formula is C24H34N12O4+2. The van der Waals surface area contributed by atoms with Crippen LogP contribution in [0.4, 0.5) is 11.6 Å². The quantitative estimate of drug-likeness (QED) is 0.224. The lowest BCUT2D eigenvalue weighted by atomic mass is 10.1. The molecule has 0 unspecified atom stereocenters. The molecule has 0 aromatic carbocycles. The van der Waals surface area contributed by atoms with Crippen LogP contribution in [-0.2, 0) is 0 Å². The second kappa shape index (κ2) is 9.33. The molecule has 4 aromatic heterocycles. The summed E-state index contributed by atoms with van der Waals surface area (Å²) in [4.78, 5) is 22.9. The third kappa shape index (κ3) is 4.21. The van der Waals surface area contributed by atoms with Gasteiger partial charge in [-0.2, -0.15) is 9.97 Å². The number of fused-ring (bicyclic) bond motifs is 2. The zero-order valence-corrected chi connectivity index (χ0v) is 22.9. The monoisotopic (exact) mass is 554 g/mol. The maximum atomic E-state index is 12.3. The van der Waals surface area contributed by atoms with Crippen molar-refractivity contribution in [3.05, 3.63) is 22.1 Å². The summed E-state index contributed by atoms with van der Waals surface area (Å²) in [6.45, 7) is 15.8. The topological polar surface area (TPSA) is 164 Å². The highest BCUT2D eigenvalue weighted by Gasteiger charge is 2.44. The van der Waals surface area contributed by atoms with Gasteiger partial charge in [-0.15, -0.1) is 0 Å². The molecule has 40 heavy (non-hydrogen) atoms. The van der Waals surface area contributed by atoms with E-state index in [1.807, 2.05) is 6.92 Å². The van der Waals surface area contributed by atoms with E-state index >= 15 is 0 Å². The lowest BCUT2D eigenvalue weighted by molar-refractivity contribution is -1.03. The number of rotatable bonds is 2. The van der Waals surface area contributed by atoms with Crippen molar-refractivity contribution in [1.29, 1.82) is 0 Å². The zero-order chi connectivity index (χ0) is 27.5. The molecule has 16 nitrogen and oxygen atoms in total. The van der Waals surface area contributed by atoms with Crippen LogP contribution in [0.3, 0.4) is 0 Å². The van der Waals surface area contributed by atoms with Gasteiger partial charge in [0.25, 0.3) is 11.0 Å². The molecule has 16 heteroatoms. The molecule has 3 saturated heterocycles. The van der Waals surface area contributed by atoms with E-state index in [4.69, 9.17) is 9.26 Å². The fraction of sp³-hybridized carbons (Fsp3) is 0.667. The molecule has 212 valence electrons. The summed E-state index contributed by atoms with van der Waals surface area (Å²) in [6, 6.07) is 0. The number of aryl methyl sites for hydroxylation is 2. The minimum atomic E-state index is 0.183. The maximum Gasteiger partial charge on any atom is 0.347 e.